The minimum atomic E-state index is -1.11. The van der Waals surface area contributed by atoms with Gasteiger partial charge in [-0.2, -0.15) is 11.8 Å². The number of hydrogen-bond donors (Lipinski definition) is 2. The normalized spacial score (nSPS) is 19.1. The smallest absolute Gasteiger partial charge is 0.407 e. The SMILES string of the molecule is C[C@]1(C(=O)O)CCCN1C(=O)CSCCNC(=O)OCC1c2ccccc2-c2ccccc21. The van der Waals surface area contributed by atoms with Gasteiger partial charge in [0.2, 0.25) is 5.91 Å². The van der Waals surface area contributed by atoms with Crippen LogP contribution < -0.4 is 5.32 Å². The van der Waals surface area contributed by atoms with Gasteiger partial charge in [-0.3, -0.25) is 4.79 Å². The molecule has 2 aliphatic rings. The van der Waals surface area contributed by atoms with Crippen LogP contribution >= 0.6 is 11.8 Å². The maximum atomic E-state index is 12.4. The van der Waals surface area contributed by atoms with Crippen molar-refractivity contribution in [2.24, 2.45) is 0 Å². The summed E-state index contributed by atoms with van der Waals surface area (Å²) in [5, 5.41) is 12.2. The molecule has 33 heavy (non-hydrogen) atoms. The lowest BCUT2D eigenvalue weighted by Gasteiger charge is -2.31. The molecule has 0 bridgehead atoms. The number of carbonyl (C=O) groups is 3. The molecule has 0 unspecified atom stereocenters. The molecule has 1 saturated heterocycles. The van der Waals surface area contributed by atoms with E-state index in [1.165, 1.54) is 27.8 Å². The van der Waals surface area contributed by atoms with E-state index in [-0.39, 0.29) is 24.2 Å². The summed E-state index contributed by atoms with van der Waals surface area (Å²) in [6, 6.07) is 16.4. The molecule has 174 valence electrons. The van der Waals surface area contributed by atoms with Crippen LogP contribution in [0.25, 0.3) is 11.1 Å². The van der Waals surface area contributed by atoms with Gasteiger partial charge in [-0.25, -0.2) is 9.59 Å². The largest absolute Gasteiger partial charge is 0.480 e. The van der Waals surface area contributed by atoms with E-state index < -0.39 is 17.6 Å². The number of fused-ring (bicyclic) bond motifs is 3. The van der Waals surface area contributed by atoms with Crippen LogP contribution in [0.3, 0.4) is 0 Å². The Labute approximate surface area is 197 Å². The summed E-state index contributed by atoms with van der Waals surface area (Å²) in [5.41, 5.74) is 3.57. The van der Waals surface area contributed by atoms with E-state index in [2.05, 4.69) is 29.6 Å². The predicted octanol–water partition coefficient (Wildman–Crippen LogP) is 3.72. The van der Waals surface area contributed by atoms with Crippen LogP contribution in [-0.4, -0.2) is 64.7 Å². The van der Waals surface area contributed by atoms with Gasteiger partial charge in [-0.05, 0) is 42.0 Å². The summed E-state index contributed by atoms with van der Waals surface area (Å²) in [6.45, 7) is 2.70. The summed E-state index contributed by atoms with van der Waals surface area (Å²) in [4.78, 5) is 37.6. The fourth-order valence-corrected chi connectivity index (χ4v) is 5.42. The lowest BCUT2D eigenvalue weighted by atomic mass is 9.98. The number of aliphatic carboxylic acids is 1. The molecular weight excluding hydrogens is 440 g/mol. The summed E-state index contributed by atoms with van der Waals surface area (Å²) in [5.74, 6) is -0.402. The monoisotopic (exact) mass is 468 g/mol. The third kappa shape index (κ3) is 4.71. The number of nitrogens with zero attached hydrogens (tertiary/aromatic N) is 1. The van der Waals surface area contributed by atoms with E-state index >= 15 is 0 Å². The number of alkyl carbamates (subject to hydrolysis) is 1. The quantitative estimate of drug-likeness (QED) is 0.573. The molecule has 2 aromatic carbocycles. The van der Waals surface area contributed by atoms with E-state index in [9.17, 15) is 19.5 Å². The molecule has 0 spiro atoms. The second-order valence-corrected chi connectivity index (χ2v) is 9.64. The highest BCUT2D eigenvalue weighted by molar-refractivity contribution is 7.99. The van der Waals surface area contributed by atoms with Gasteiger partial charge in [0, 0.05) is 24.8 Å². The van der Waals surface area contributed by atoms with Crippen LogP contribution in [-0.2, 0) is 14.3 Å². The Morgan fingerprint density at radius 1 is 1.12 bits per heavy atom. The fraction of sp³-hybridized carbons (Fsp3) is 0.400. The Kier molecular flexibility index (Phi) is 6.93. The Hall–Kier alpha value is -3.00. The van der Waals surface area contributed by atoms with Gasteiger partial charge in [0.1, 0.15) is 12.1 Å². The Balaban J connectivity index is 1.20. The van der Waals surface area contributed by atoms with E-state index in [1.54, 1.807) is 6.92 Å². The Morgan fingerprint density at radius 2 is 1.76 bits per heavy atom. The molecular formula is C25H28N2O5S. The van der Waals surface area contributed by atoms with Crippen molar-refractivity contribution in [1.29, 1.82) is 0 Å². The maximum Gasteiger partial charge on any atom is 0.407 e. The summed E-state index contributed by atoms with van der Waals surface area (Å²) >= 11 is 1.37. The molecule has 1 aliphatic heterocycles. The predicted molar refractivity (Wildman–Crippen MR) is 127 cm³/mol. The van der Waals surface area contributed by atoms with E-state index in [0.717, 1.165) is 11.1 Å². The van der Waals surface area contributed by atoms with Gasteiger partial charge in [0.15, 0.2) is 0 Å². The highest BCUT2D eigenvalue weighted by atomic mass is 32.2. The molecule has 4 rings (SSSR count). The highest BCUT2D eigenvalue weighted by Gasteiger charge is 2.45. The number of carboxylic acid groups (broad SMARTS) is 1. The van der Waals surface area contributed by atoms with E-state index in [1.807, 2.05) is 24.3 Å². The lowest BCUT2D eigenvalue weighted by Crippen LogP contribution is -2.51. The van der Waals surface area contributed by atoms with Crippen molar-refractivity contribution in [2.45, 2.75) is 31.2 Å². The lowest BCUT2D eigenvalue weighted by molar-refractivity contribution is -0.154. The number of rotatable bonds is 8. The zero-order valence-corrected chi connectivity index (χ0v) is 19.4. The number of benzene rings is 2. The van der Waals surface area contributed by atoms with Crippen molar-refractivity contribution in [1.82, 2.24) is 10.2 Å². The Morgan fingerprint density at radius 3 is 2.39 bits per heavy atom. The molecule has 2 amide bonds. The molecule has 0 aromatic heterocycles. The minimum absolute atomic E-state index is 0.0131. The zero-order valence-electron chi connectivity index (χ0n) is 18.6. The summed E-state index contributed by atoms with van der Waals surface area (Å²) in [6.07, 6.45) is 0.687. The first-order valence-electron chi connectivity index (χ1n) is 11.1. The third-order valence-electron chi connectivity index (χ3n) is 6.49. The van der Waals surface area contributed by atoms with E-state index in [4.69, 9.17) is 4.74 Å². The second kappa shape index (κ2) is 9.87. The van der Waals surface area contributed by atoms with Crippen molar-refractivity contribution >= 4 is 29.7 Å². The number of carbonyl (C=O) groups excluding carboxylic acids is 2. The maximum absolute atomic E-state index is 12.4. The van der Waals surface area contributed by atoms with Crippen LogP contribution in [0.1, 0.15) is 36.8 Å². The number of nitrogens with one attached hydrogen (secondary N) is 1. The zero-order chi connectivity index (χ0) is 23.4. The molecule has 0 saturated carbocycles. The van der Waals surface area contributed by atoms with Crippen LogP contribution in [0.15, 0.2) is 48.5 Å². The number of ether oxygens (including phenoxy) is 1. The number of likely N-dealkylation sites (tertiary alicyclic amines) is 1. The fourth-order valence-electron chi connectivity index (χ4n) is 4.70. The Bertz CT molecular complexity index is 1010. The van der Waals surface area contributed by atoms with Gasteiger partial charge in [-0.1, -0.05) is 48.5 Å². The number of thioether (sulfide) groups is 1. The number of carboxylic acids is 1. The summed E-state index contributed by atoms with van der Waals surface area (Å²) < 4.78 is 5.50. The van der Waals surface area contributed by atoms with Gasteiger partial charge < -0.3 is 20.1 Å². The molecule has 1 aliphatic carbocycles. The van der Waals surface area contributed by atoms with E-state index in [0.29, 0.717) is 31.7 Å². The molecule has 1 heterocycles. The first kappa shape index (κ1) is 23.2. The second-order valence-electron chi connectivity index (χ2n) is 8.53. The molecule has 0 radical (unpaired) electrons. The van der Waals surface area contributed by atoms with Crippen molar-refractivity contribution in [2.75, 3.05) is 31.2 Å². The molecule has 2 N–H and O–H groups in total. The van der Waals surface area contributed by atoms with Crippen LogP contribution in [0.5, 0.6) is 0 Å². The van der Waals surface area contributed by atoms with Gasteiger partial charge in [-0.15, -0.1) is 0 Å². The number of hydrogen-bond acceptors (Lipinski definition) is 5. The van der Waals surface area contributed by atoms with Crippen molar-refractivity contribution in [3.63, 3.8) is 0 Å². The van der Waals surface area contributed by atoms with Crippen LogP contribution in [0, 0.1) is 0 Å². The van der Waals surface area contributed by atoms with Crippen molar-refractivity contribution in [3.8, 4) is 11.1 Å². The van der Waals surface area contributed by atoms with Crippen LogP contribution in [0.2, 0.25) is 0 Å². The number of amides is 2. The highest BCUT2D eigenvalue weighted by Crippen LogP contribution is 2.44. The molecule has 8 heteroatoms. The van der Waals surface area contributed by atoms with Crippen molar-refractivity contribution < 1.29 is 24.2 Å². The van der Waals surface area contributed by atoms with Gasteiger partial charge in [0.05, 0.1) is 5.75 Å². The van der Waals surface area contributed by atoms with Gasteiger partial charge >= 0.3 is 12.1 Å². The molecule has 1 fully saturated rings. The molecule has 2 aromatic rings. The average Bonchev–Trinajstić information content (AvgIpc) is 3.36. The van der Waals surface area contributed by atoms with Crippen molar-refractivity contribution in [3.05, 3.63) is 59.7 Å². The third-order valence-corrected chi connectivity index (χ3v) is 7.43. The average molecular weight is 469 g/mol. The molecule has 7 nitrogen and oxygen atoms in total. The first-order chi connectivity index (χ1) is 15.9. The standard InChI is InChI=1S/C25H28N2O5S/c1-25(23(29)30)11-6-13-27(25)22(28)16-33-14-12-26-24(31)32-15-21-19-9-4-2-7-17(19)18-8-3-5-10-20(18)21/h2-5,7-10,21H,6,11-16H2,1H3,(H,26,31)(H,29,30)/t25-/m1/s1. The van der Waals surface area contributed by atoms with Gasteiger partial charge in [0.25, 0.3) is 0 Å². The summed E-state index contributed by atoms with van der Waals surface area (Å²) in [7, 11) is 0. The minimum Gasteiger partial charge on any atom is -0.480 e. The molecule has 1 atom stereocenters. The van der Waals surface area contributed by atoms with Crippen LogP contribution in [0.4, 0.5) is 4.79 Å². The first-order valence-corrected chi connectivity index (χ1v) is 12.3. The topological polar surface area (TPSA) is 95.9 Å².